The first-order chi connectivity index (χ1) is 2.41. The predicted octanol–water partition coefficient (Wildman–Crippen LogP) is 0.849. The van der Waals surface area contributed by atoms with E-state index in [2.05, 4.69) is 0 Å². The van der Waals surface area contributed by atoms with E-state index in [1.807, 2.05) is 0 Å². The second-order valence-electron chi connectivity index (χ2n) is 0.411. The van der Waals surface area contributed by atoms with Gasteiger partial charge in [-0.05, 0) is 0 Å². The second-order valence-corrected chi connectivity index (χ2v) is 0.662. The maximum absolute atomic E-state index is 9.11. The van der Waals surface area contributed by atoms with E-state index >= 15 is 0 Å². The van der Waals surface area contributed by atoms with Crippen LogP contribution in [0.3, 0.4) is 0 Å². The molecule has 0 heterocycles. The lowest BCUT2D eigenvalue weighted by atomic mass is 10.7. The van der Waals surface area contributed by atoms with E-state index in [9.17, 15) is 0 Å². The highest BCUT2D eigenvalue weighted by Gasteiger charge is 1.53. The van der Waals surface area contributed by atoms with E-state index in [-0.39, 0.29) is 0 Å². The maximum atomic E-state index is 9.11. The van der Waals surface area contributed by atoms with Crippen molar-refractivity contribution >= 4 is 17.9 Å². The highest BCUT2D eigenvalue weighted by molar-refractivity contribution is 6.26. The first-order valence-corrected chi connectivity index (χ1v) is 1.48. The SMILES string of the molecule is O=[C]C=CCl. The predicted molar refractivity (Wildman–Crippen MR) is 20.7 cm³/mol. The molecule has 0 fully saturated rings. The number of allylic oxidation sites excluding steroid dienone is 1. The highest BCUT2D eigenvalue weighted by Crippen LogP contribution is 1.69. The molecule has 2 heteroatoms. The van der Waals surface area contributed by atoms with Gasteiger partial charge in [-0.2, -0.15) is 0 Å². The van der Waals surface area contributed by atoms with Crippen LogP contribution in [0.1, 0.15) is 0 Å². The quantitative estimate of drug-likeness (QED) is 0.435. The Kier molecular flexibility index (Phi) is 3.48. The molecule has 0 atom stereocenters. The van der Waals surface area contributed by atoms with Crippen molar-refractivity contribution in [1.82, 2.24) is 0 Å². The zero-order valence-electron chi connectivity index (χ0n) is 2.44. The molecular weight excluding hydrogens is 87.5 g/mol. The van der Waals surface area contributed by atoms with Gasteiger partial charge in [-0.3, -0.25) is 4.79 Å². The first-order valence-electron chi connectivity index (χ1n) is 1.04. The Hall–Kier alpha value is -0.300. The fourth-order valence-corrected chi connectivity index (χ4v) is 0.0772. The Morgan fingerprint density at radius 1 is 1.80 bits per heavy atom. The molecule has 0 spiro atoms. The van der Waals surface area contributed by atoms with Gasteiger partial charge in [-0.1, -0.05) is 11.6 Å². The molecule has 0 aromatic rings. The molecule has 0 rings (SSSR count). The van der Waals surface area contributed by atoms with Crippen LogP contribution >= 0.6 is 11.6 Å². The molecule has 0 aliphatic carbocycles. The first kappa shape index (κ1) is 4.70. The number of halogens is 1. The lowest BCUT2D eigenvalue weighted by Crippen LogP contribution is -1.48. The standard InChI is InChI=1S/C3H2ClO/c4-2-1-3-5/h1-2H. The van der Waals surface area contributed by atoms with Crippen molar-refractivity contribution in [3.63, 3.8) is 0 Å². The Bertz CT molecular complexity index is 48.9. The summed E-state index contributed by atoms with van der Waals surface area (Å²) in [6.07, 6.45) is 2.54. The van der Waals surface area contributed by atoms with E-state index in [1.165, 1.54) is 6.29 Å². The van der Waals surface area contributed by atoms with Crippen molar-refractivity contribution in [2.45, 2.75) is 0 Å². The Balaban J connectivity index is 2.92. The van der Waals surface area contributed by atoms with Crippen molar-refractivity contribution in [2.75, 3.05) is 0 Å². The van der Waals surface area contributed by atoms with Gasteiger partial charge in [0.15, 0.2) is 0 Å². The summed E-state index contributed by atoms with van der Waals surface area (Å²) in [4.78, 5) is 9.11. The monoisotopic (exact) mass is 89.0 g/mol. The zero-order chi connectivity index (χ0) is 4.12. The highest BCUT2D eigenvalue weighted by atomic mass is 35.5. The molecular formula is C3H2ClO. The van der Waals surface area contributed by atoms with Crippen molar-refractivity contribution in [1.29, 1.82) is 0 Å². The Morgan fingerprint density at radius 3 is 2.40 bits per heavy atom. The van der Waals surface area contributed by atoms with Crippen LogP contribution in [0.15, 0.2) is 11.6 Å². The maximum Gasteiger partial charge on any atom is 0.226 e. The number of hydrogen-bond donors (Lipinski definition) is 0. The molecule has 0 aliphatic rings. The molecule has 1 radical (unpaired) electrons. The van der Waals surface area contributed by atoms with Crippen molar-refractivity contribution < 1.29 is 4.79 Å². The molecule has 0 saturated carbocycles. The third-order valence-electron chi connectivity index (χ3n) is 0.131. The summed E-state index contributed by atoms with van der Waals surface area (Å²) in [5, 5.41) is 0. The second kappa shape index (κ2) is 3.70. The van der Waals surface area contributed by atoms with Gasteiger partial charge in [0.05, 0.1) is 0 Å². The van der Waals surface area contributed by atoms with Crippen LogP contribution in [0.2, 0.25) is 0 Å². The molecule has 5 heavy (non-hydrogen) atoms. The van der Waals surface area contributed by atoms with E-state index in [4.69, 9.17) is 16.4 Å². The molecule has 0 N–H and O–H groups in total. The minimum Gasteiger partial charge on any atom is -0.286 e. The summed E-state index contributed by atoms with van der Waals surface area (Å²) in [6, 6.07) is 0. The molecule has 0 aromatic carbocycles. The largest absolute Gasteiger partial charge is 0.286 e. The van der Waals surface area contributed by atoms with Gasteiger partial charge < -0.3 is 0 Å². The van der Waals surface area contributed by atoms with Crippen LogP contribution in [-0.4, -0.2) is 6.29 Å². The fourth-order valence-electron chi connectivity index (χ4n) is 0.0257. The molecule has 27 valence electrons. The Morgan fingerprint density at radius 2 is 2.40 bits per heavy atom. The summed E-state index contributed by atoms with van der Waals surface area (Å²) in [5.74, 6) is 0. The van der Waals surface area contributed by atoms with Gasteiger partial charge in [-0.15, -0.1) is 0 Å². The number of rotatable bonds is 1. The summed E-state index contributed by atoms with van der Waals surface area (Å²) >= 11 is 4.86. The molecule has 0 saturated heterocycles. The van der Waals surface area contributed by atoms with Crippen LogP contribution in [0.25, 0.3) is 0 Å². The smallest absolute Gasteiger partial charge is 0.226 e. The minimum absolute atomic E-state index is 1.08. The minimum atomic E-state index is 1.08. The zero-order valence-corrected chi connectivity index (χ0v) is 3.20. The summed E-state index contributed by atoms with van der Waals surface area (Å²) in [6.45, 7) is 0. The van der Waals surface area contributed by atoms with Crippen LogP contribution in [-0.2, 0) is 4.79 Å². The number of carbonyl (C=O) groups excluding carboxylic acids is 1. The lowest BCUT2D eigenvalue weighted by Gasteiger charge is -1.46. The third-order valence-corrected chi connectivity index (χ3v) is 0.257. The molecule has 0 aliphatic heterocycles. The average Bonchev–Trinajstić information content (AvgIpc) is 1.41. The van der Waals surface area contributed by atoms with Crippen LogP contribution in [0.5, 0.6) is 0 Å². The average molecular weight is 89.5 g/mol. The number of hydrogen-bond acceptors (Lipinski definition) is 1. The summed E-state index contributed by atoms with van der Waals surface area (Å²) in [7, 11) is 0. The van der Waals surface area contributed by atoms with Gasteiger partial charge in [0.1, 0.15) is 0 Å². The van der Waals surface area contributed by atoms with Crippen LogP contribution < -0.4 is 0 Å². The van der Waals surface area contributed by atoms with Gasteiger partial charge >= 0.3 is 0 Å². The molecule has 0 bridgehead atoms. The molecule has 0 aromatic heterocycles. The summed E-state index contributed by atoms with van der Waals surface area (Å²) in [5.41, 5.74) is 1.10. The van der Waals surface area contributed by atoms with E-state index in [1.54, 1.807) is 0 Å². The van der Waals surface area contributed by atoms with Crippen molar-refractivity contribution in [2.24, 2.45) is 0 Å². The van der Waals surface area contributed by atoms with Crippen molar-refractivity contribution in [3.8, 4) is 0 Å². The van der Waals surface area contributed by atoms with E-state index in [0.717, 1.165) is 11.6 Å². The third kappa shape index (κ3) is 3.70. The van der Waals surface area contributed by atoms with Crippen molar-refractivity contribution in [3.05, 3.63) is 11.6 Å². The topological polar surface area (TPSA) is 17.1 Å². The Labute approximate surface area is 35.2 Å². The lowest BCUT2D eigenvalue weighted by molar-refractivity contribution is 0.564. The summed E-state index contributed by atoms with van der Waals surface area (Å²) < 4.78 is 0. The molecule has 0 unspecified atom stereocenters. The van der Waals surface area contributed by atoms with E-state index < -0.39 is 0 Å². The van der Waals surface area contributed by atoms with Crippen LogP contribution in [0, 0.1) is 0 Å². The molecule has 0 amide bonds. The van der Waals surface area contributed by atoms with Gasteiger partial charge in [0, 0.05) is 11.6 Å². The molecule has 1 nitrogen and oxygen atoms in total. The van der Waals surface area contributed by atoms with Crippen LogP contribution in [0.4, 0.5) is 0 Å². The normalized spacial score (nSPS) is 9.00. The van der Waals surface area contributed by atoms with Gasteiger partial charge in [0.2, 0.25) is 6.29 Å². The van der Waals surface area contributed by atoms with E-state index in [0.29, 0.717) is 0 Å². The van der Waals surface area contributed by atoms with Gasteiger partial charge in [-0.25, -0.2) is 0 Å². The fraction of sp³-hybridized carbons (Fsp3) is 0. The van der Waals surface area contributed by atoms with Gasteiger partial charge in [0.25, 0.3) is 0 Å².